The number of nitrogens with one attached hydrogen (secondary N) is 2. The summed E-state index contributed by atoms with van der Waals surface area (Å²) in [4.78, 5) is 12.1. The quantitative estimate of drug-likeness (QED) is 0.665. The Morgan fingerprint density at radius 2 is 2.38 bits per heavy atom. The molecule has 1 fully saturated rings. The van der Waals surface area contributed by atoms with Crippen molar-refractivity contribution in [2.75, 3.05) is 33.4 Å². The summed E-state index contributed by atoms with van der Waals surface area (Å²) in [5, 5.41) is 6.34. The lowest BCUT2D eigenvalue weighted by Gasteiger charge is -2.35. The summed E-state index contributed by atoms with van der Waals surface area (Å²) in [5.41, 5.74) is -0.175. The Kier molecular flexibility index (Phi) is 5.77. The zero-order chi connectivity index (χ0) is 11.9. The average Bonchev–Trinajstić information content (AvgIpc) is 2.35. The molecule has 1 atom stereocenters. The molecule has 1 heterocycles. The smallest absolute Gasteiger partial charge is 0.227 e. The molecule has 0 saturated carbocycles. The molecule has 0 spiro atoms. The van der Waals surface area contributed by atoms with Crippen molar-refractivity contribution in [1.82, 2.24) is 10.6 Å². The van der Waals surface area contributed by atoms with Crippen LogP contribution in [-0.4, -0.2) is 39.3 Å². The second-order valence-electron chi connectivity index (χ2n) is 4.52. The number of ether oxygens (including phenoxy) is 1. The summed E-state index contributed by atoms with van der Waals surface area (Å²) >= 11 is 0. The van der Waals surface area contributed by atoms with Crippen molar-refractivity contribution < 1.29 is 9.53 Å². The molecule has 1 rings (SSSR count). The van der Waals surface area contributed by atoms with E-state index in [4.69, 9.17) is 4.74 Å². The molecule has 1 aliphatic rings. The zero-order valence-corrected chi connectivity index (χ0v) is 10.5. The summed E-state index contributed by atoms with van der Waals surface area (Å²) in [6.07, 6.45) is 3.90. The fraction of sp³-hybridized carbons (Fsp3) is 0.917. The van der Waals surface area contributed by atoms with Crippen LogP contribution in [0.5, 0.6) is 0 Å². The van der Waals surface area contributed by atoms with Crippen LogP contribution in [0, 0.1) is 5.41 Å². The molecule has 1 unspecified atom stereocenters. The first-order valence-electron chi connectivity index (χ1n) is 6.23. The number of hydrogen-bond donors (Lipinski definition) is 2. The third-order valence-corrected chi connectivity index (χ3v) is 3.44. The molecule has 94 valence electrons. The van der Waals surface area contributed by atoms with Crippen LogP contribution in [0.15, 0.2) is 0 Å². The van der Waals surface area contributed by atoms with Gasteiger partial charge in [-0.05, 0) is 32.2 Å². The van der Waals surface area contributed by atoms with E-state index in [0.717, 1.165) is 38.8 Å². The van der Waals surface area contributed by atoms with Gasteiger partial charge in [-0.1, -0.05) is 6.92 Å². The van der Waals surface area contributed by atoms with E-state index in [1.54, 1.807) is 7.11 Å². The SMILES string of the molecule is CCC1(C(=O)NCCCOC)CCCNC1. The molecule has 1 amide bonds. The highest BCUT2D eigenvalue weighted by Crippen LogP contribution is 2.30. The molecule has 1 aliphatic heterocycles. The van der Waals surface area contributed by atoms with Gasteiger partial charge in [0.25, 0.3) is 0 Å². The molecule has 0 aromatic carbocycles. The molecule has 0 aliphatic carbocycles. The van der Waals surface area contributed by atoms with E-state index in [9.17, 15) is 4.79 Å². The summed E-state index contributed by atoms with van der Waals surface area (Å²) in [7, 11) is 1.68. The van der Waals surface area contributed by atoms with Crippen molar-refractivity contribution in [3.63, 3.8) is 0 Å². The minimum Gasteiger partial charge on any atom is -0.385 e. The minimum absolute atomic E-state index is 0.175. The van der Waals surface area contributed by atoms with Crippen LogP contribution in [0.1, 0.15) is 32.6 Å². The maximum atomic E-state index is 12.1. The van der Waals surface area contributed by atoms with Crippen LogP contribution < -0.4 is 10.6 Å². The van der Waals surface area contributed by atoms with Gasteiger partial charge in [0.05, 0.1) is 5.41 Å². The van der Waals surface area contributed by atoms with E-state index >= 15 is 0 Å². The Bertz CT molecular complexity index is 213. The maximum Gasteiger partial charge on any atom is 0.227 e. The Balaban J connectivity index is 2.36. The van der Waals surface area contributed by atoms with Crippen molar-refractivity contribution in [2.45, 2.75) is 32.6 Å². The number of methoxy groups -OCH3 is 1. The van der Waals surface area contributed by atoms with Gasteiger partial charge in [-0.25, -0.2) is 0 Å². The van der Waals surface area contributed by atoms with Crippen molar-refractivity contribution in [1.29, 1.82) is 0 Å². The van der Waals surface area contributed by atoms with Crippen LogP contribution in [0.4, 0.5) is 0 Å². The Labute approximate surface area is 98.1 Å². The molecule has 4 heteroatoms. The van der Waals surface area contributed by atoms with E-state index in [-0.39, 0.29) is 11.3 Å². The molecule has 0 aromatic heterocycles. The number of amides is 1. The van der Waals surface area contributed by atoms with Gasteiger partial charge in [-0.3, -0.25) is 4.79 Å². The summed E-state index contributed by atoms with van der Waals surface area (Å²) in [5.74, 6) is 0.207. The Morgan fingerprint density at radius 1 is 1.56 bits per heavy atom. The number of carbonyl (C=O) groups excluding carboxylic acids is 1. The van der Waals surface area contributed by atoms with Crippen LogP contribution in [-0.2, 0) is 9.53 Å². The van der Waals surface area contributed by atoms with Crippen molar-refractivity contribution in [2.24, 2.45) is 5.41 Å². The van der Waals surface area contributed by atoms with Gasteiger partial charge < -0.3 is 15.4 Å². The zero-order valence-electron chi connectivity index (χ0n) is 10.5. The molecule has 0 bridgehead atoms. The van der Waals surface area contributed by atoms with Gasteiger partial charge in [-0.15, -0.1) is 0 Å². The van der Waals surface area contributed by atoms with Gasteiger partial charge in [0.15, 0.2) is 0 Å². The molecular formula is C12H24N2O2. The van der Waals surface area contributed by atoms with E-state index in [2.05, 4.69) is 17.6 Å². The van der Waals surface area contributed by atoms with Crippen molar-refractivity contribution in [3.05, 3.63) is 0 Å². The fourth-order valence-electron chi connectivity index (χ4n) is 2.23. The van der Waals surface area contributed by atoms with Crippen molar-refractivity contribution in [3.8, 4) is 0 Å². The standard InChI is InChI=1S/C12H24N2O2/c1-3-12(6-4-7-13-10-12)11(15)14-8-5-9-16-2/h13H,3-10H2,1-2H3,(H,14,15). The monoisotopic (exact) mass is 228 g/mol. The van der Waals surface area contributed by atoms with Gasteiger partial charge in [0.2, 0.25) is 5.91 Å². The first kappa shape index (κ1) is 13.5. The molecule has 1 saturated heterocycles. The highest BCUT2D eigenvalue weighted by Gasteiger charge is 2.37. The molecule has 2 N–H and O–H groups in total. The number of hydrogen-bond acceptors (Lipinski definition) is 3. The first-order valence-corrected chi connectivity index (χ1v) is 6.23. The third kappa shape index (κ3) is 3.46. The molecule has 16 heavy (non-hydrogen) atoms. The number of piperidine rings is 1. The molecule has 4 nitrogen and oxygen atoms in total. The van der Waals surface area contributed by atoms with E-state index in [1.807, 2.05) is 0 Å². The molecule has 0 aromatic rings. The van der Waals surface area contributed by atoms with E-state index in [0.29, 0.717) is 13.2 Å². The van der Waals surface area contributed by atoms with E-state index < -0.39 is 0 Å². The molecular weight excluding hydrogens is 204 g/mol. The number of carbonyl (C=O) groups is 1. The lowest BCUT2D eigenvalue weighted by molar-refractivity contribution is -0.132. The predicted molar refractivity (Wildman–Crippen MR) is 64.3 cm³/mol. The fourth-order valence-corrected chi connectivity index (χ4v) is 2.23. The van der Waals surface area contributed by atoms with Crippen LogP contribution >= 0.6 is 0 Å². The minimum atomic E-state index is -0.175. The highest BCUT2D eigenvalue weighted by molar-refractivity contribution is 5.82. The van der Waals surface area contributed by atoms with Gasteiger partial charge >= 0.3 is 0 Å². The lowest BCUT2D eigenvalue weighted by Crippen LogP contribution is -2.50. The summed E-state index contributed by atoms with van der Waals surface area (Å²) in [6.45, 7) is 5.38. The number of rotatable bonds is 6. The largest absolute Gasteiger partial charge is 0.385 e. The second kappa shape index (κ2) is 6.86. The molecule has 0 radical (unpaired) electrons. The van der Waals surface area contributed by atoms with Crippen LogP contribution in [0.25, 0.3) is 0 Å². The third-order valence-electron chi connectivity index (χ3n) is 3.44. The van der Waals surface area contributed by atoms with Crippen LogP contribution in [0.3, 0.4) is 0 Å². The summed E-state index contributed by atoms with van der Waals surface area (Å²) in [6, 6.07) is 0. The predicted octanol–water partition coefficient (Wildman–Crippen LogP) is 0.919. The van der Waals surface area contributed by atoms with Crippen molar-refractivity contribution >= 4 is 5.91 Å². The Morgan fingerprint density at radius 3 is 2.94 bits per heavy atom. The summed E-state index contributed by atoms with van der Waals surface area (Å²) < 4.78 is 4.96. The first-order chi connectivity index (χ1) is 7.75. The van der Waals surface area contributed by atoms with Crippen LogP contribution in [0.2, 0.25) is 0 Å². The van der Waals surface area contributed by atoms with Gasteiger partial charge in [0, 0.05) is 26.8 Å². The van der Waals surface area contributed by atoms with Gasteiger partial charge in [0.1, 0.15) is 0 Å². The average molecular weight is 228 g/mol. The maximum absolute atomic E-state index is 12.1. The Hall–Kier alpha value is -0.610. The normalized spacial score (nSPS) is 25.4. The van der Waals surface area contributed by atoms with Gasteiger partial charge in [-0.2, -0.15) is 0 Å². The topological polar surface area (TPSA) is 50.4 Å². The highest BCUT2D eigenvalue weighted by atomic mass is 16.5. The lowest BCUT2D eigenvalue weighted by atomic mass is 9.77. The van der Waals surface area contributed by atoms with E-state index in [1.165, 1.54) is 0 Å². The second-order valence-corrected chi connectivity index (χ2v) is 4.52.